The van der Waals surface area contributed by atoms with Crippen LogP contribution in [-0.4, -0.2) is 23.4 Å². The van der Waals surface area contributed by atoms with Crippen molar-refractivity contribution in [2.75, 3.05) is 13.2 Å². The monoisotopic (exact) mass is 799 g/mol. The van der Waals surface area contributed by atoms with Crippen LogP contribution in [0.5, 0.6) is 23.0 Å². The quantitative estimate of drug-likeness (QED) is 0.123. The van der Waals surface area contributed by atoms with E-state index >= 15 is 0 Å². The summed E-state index contributed by atoms with van der Waals surface area (Å²) in [6.07, 6.45) is 3.38. The number of hydrogen-bond donors (Lipinski definition) is 2. The van der Waals surface area contributed by atoms with Crippen LogP contribution in [0.1, 0.15) is 176 Å². The molecule has 316 valence electrons. The Morgan fingerprint density at radius 2 is 0.746 bits per heavy atom. The molecule has 6 nitrogen and oxygen atoms in total. The first-order valence-corrected chi connectivity index (χ1v) is 21.3. The zero-order chi connectivity index (χ0) is 44.1. The maximum atomic E-state index is 12.4. The predicted octanol–water partition coefficient (Wildman–Crippen LogP) is 13.0. The number of aromatic hydroxyl groups is 2. The molecule has 0 radical (unpaired) electrons. The Balaban J connectivity index is 1.96. The molecule has 0 heterocycles. The zero-order valence-electron chi connectivity index (χ0n) is 38.6. The van der Waals surface area contributed by atoms with Gasteiger partial charge in [0.15, 0.2) is 0 Å². The molecular weight excluding hydrogens is 729 g/mol. The number of hydrogen-bond acceptors (Lipinski definition) is 6. The SMILES string of the molecule is Cc1cc(C(C)(C)C)cc(Cc2cc(C(C)(C)C)cc(Cc3cc(C(C)(C)C)cc(Cc4cc(C(C)(C)C)cc(C)c4OCCCC#N)c3O)c2OCCCC#N)c1O. The molecule has 4 rings (SSSR count). The van der Waals surface area contributed by atoms with E-state index in [1.807, 2.05) is 6.92 Å². The standard InChI is InChI=1S/C53H70N2O4/c1-34-23-42(50(3,4)5)28-36(46(34)56)25-40-32-45(53(12,13)14)33-41(49(40)59-22-18-16-20-55)27-38-30-44(52(9,10)11)29-37(47(38)57)26-39-31-43(51(6,7)8)24-35(2)48(39)58-21-17-15-19-54/h23-24,28-33,56-57H,15-18,21-22,25-27H2,1-14H3. The Bertz CT molecular complexity index is 2210. The maximum absolute atomic E-state index is 12.4. The van der Waals surface area contributed by atoms with Gasteiger partial charge in [0.2, 0.25) is 0 Å². The number of benzene rings is 4. The van der Waals surface area contributed by atoms with E-state index in [0.29, 0.717) is 58.2 Å². The second-order valence-electron chi connectivity index (χ2n) is 20.6. The summed E-state index contributed by atoms with van der Waals surface area (Å²) in [5.74, 6) is 2.08. The third kappa shape index (κ3) is 12.1. The topological polar surface area (TPSA) is 107 Å². The minimum atomic E-state index is -0.209. The minimum absolute atomic E-state index is 0.0950. The molecule has 0 unspecified atom stereocenters. The molecule has 59 heavy (non-hydrogen) atoms. The van der Waals surface area contributed by atoms with Crippen LogP contribution < -0.4 is 9.47 Å². The third-order valence-corrected chi connectivity index (χ3v) is 11.2. The summed E-state index contributed by atoms with van der Waals surface area (Å²) in [5.41, 5.74) is 11.3. The van der Waals surface area contributed by atoms with Crippen molar-refractivity contribution < 1.29 is 19.7 Å². The number of phenolic OH excluding ortho intramolecular Hbond substituents is 2. The Morgan fingerprint density at radius 1 is 0.441 bits per heavy atom. The maximum Gasteiger partial charge on any atom is 0.126 e. The predicted molar refractivity (Wildman–Crippen MR) is 242 cm³/mol. The van der Waals surface area contributed by atoms with Crippen molar-refractivity contribution in [1.29, 1.82) is 10.5 Å². The molecule has 0 aromatic heterocycles. The second kappa shape index (κ2) is 18.5. The molecule has 0 spiro atoms. The van der Waals surface area contributed by atoms with Crippen LogP contribution in [0.3, 0.4) is 0 Å². The number of unbranched alkanes of at least 4 members (excludes halogenated alkanes) is 2. The first-order chi connectivity index (χ1) is 27.3. The lowest BCUT2D eigenvalue weighted by Gasteiger charge is -2.27. The molecule has 0 bridgehead atoms. The van der Waals surface area contributed by atoms with Crippen molar-refractivity contribution >= 4 is 0 Å². The number of ether oxygens (including phenoxy) is 2. The normalized spacial score (nSPS) is 12.3. The summed E-state index contributed by atoms with van der Waals surface area (Å²) >= 11 is 0. The molecule has 4 aromatic carbocycles. The number of nitriles is 2. The summed E-state index contributed by atoms with van der Waals surface area (Å²) in [5, 5.41) is 42.4. The lowest BCUT2D eigenvalue weighted by Crippen LogP contribution is -2.16. The summed E-state index contributed by atoms with van der Waals surface area (Å²) < 4.78 is 13.1. The van der Waals surface area contributed by atoms with E-state index in [4.69, 9.17) is 14.7 Å². The lowest BCUT2D eigenvalue weighted by atomic mass is 9.80. The fourth-order valence-electron chi connectivity index (χ4n) is 7.40. The molecule has 0 aliphatic rings. The molecule has 0 aliphatic heterocycles. The second-order valence-corrected chi connectivity index (χ2v) is 20.6. The van der Waals surface area contributed by atoms with E-state index in [2.05, 4.69) is 151 Å². The van der Waals surface area contributed by atoms with Crippen molar-refractivity contribution in [2.24, 2.45) is 0 Å². The molecule has 0 saturated heterocycles. The van der Waals surface area contributed by atoms with Gasteiger partial charge in [-0.05, 0) is 115 Å². The van der Waals surface area contributed by atoms with E-state index in [1.54, 1.807) is 0 Å². The van der Waals surface area contributed by atoms with Gasteiger partial charge in [0.05, 0.1) is 25.4 Å². The van der Waals surface area contributed by atoms with Crippen molar-refractivity contribution in [3.63, 3.8) is 0 Å². The van der Waals surface area contributed by atoms with Crippen LogP contribution >= 0.6 is 0 Å². The molecule has 0 aliphatic carbocycles. The Hall–Kier alpha value is -4.94. The highest BCUT2D eigenvalue weighted by molar-refractivity contribution is 5.57. The van der Waals surface area contributed by atoms with Crippen LogP contribution in [0.2, 0.25) is 0 Å². The van der Waals surface area contributed by atoms with Gasteiger partial charge < -0.3 is 19.7 Å². The molecule has 0 saturated carbocycles. The van der Waals surface area contributed by atoms with E-state index < -0.39 is 0 Å². The number of rotatable bonds is 14. The summed E-state index contributed by atoms with van der Waals surface area (Å²) in [7, 11) is 0. The van der Waals surface area contributed by atoms with Crippen molar-refractivity contribution in [3.8, 4) is 35.1 Å². The molecule has 6 heteroatoms. The highest BCUT2D eigenvalue weighted by Gasteiger charge is 2.26. The van der Waals surface area contributed by atoms with Gasteiger partial charge in [-0.1, -0.05) is 132 Å². The van der Waals surface area contributed by atoms with Gasteiger partial charge in [-0.25, -0.2) is 0 Å². The Morgan fingerprint density at radius 3 is 1.12 bits per heavy atom. The smallest absolute Gasteiger partial charge is 0.126 e. The van der Waals surface area contributed by atoms with Gasteiger partial charge in [-0.2, -0.15) is 10.5 Å². The van der Waals surface area contributed by atoms with Crippen LogP contribution in [0.15, 0.2) is 48.5 Å². The summed E-state index contributed by atoms with van der Waals surface area (Å²) in [4.78, 5) is 0. The van der Waals surface area contributed by atoms with E-state index in [9.17, 15) is 15.5 Å². The molecular formula is C53H70N2O4. The first kappa shape index (κ1) is 46.7. The van der Waals surface area contributed by atoms with Gasteiger partial charge in [-0.3, -0.25) is 0 Å². The van der Waals surface area contributed by atoms with Gasteiger partial charge in [0, 0.05) is 32.1 Å². The number of aryl methyl sites for hydroxylation is 2. The molecule has 0 fully saturated rings. The van der Waals surface area contributed by atoms with Crippen molar-refractivity contribution in [2.45, 2.75) is 164 Å². The van der Waals surface area contributed by atoms with Gasteiger partial charge in [-0.15, -0.1) is 0 Å². The van der Waals surface area contributed by atoms with Gasteiger partial charge >= 0.3 is 0 Å². The van der Waals surface area contributed by atoms with Gasteiger partial charge in [0.1, 0.15) is 23.0 Å². The fraction of sp³-hybridized carbons (Fsp3) is 0.509. The van der Waals surface area contributed by atoms with Crippen LogP contribution in [0, 0.1) is 36.5 Å². The van der Waals surface area contributed by atoms with Crippen LogP contribution in [-0.2, 0) is 40.9 Å². The molecule has 0 amide bonds. The lowest BCUT2D eigenvalue weighted by molar-refractivity contribution is 0.306. The van der Waals surface area contributed by atoms with Crippen molar-refractivity contribution in [3.05, 3.63) is 115 Å². The van der Waals surface area contributed by atoms with Crippen LogP contribution in [0.4, 0.5) is 0 Å². The van der Waals surface area contributed by atoms with Crippen molar-refractivity contribution in [1.82, 2.24) is 0 Å². The zero-order valence-corrected chi connectivity index (χ0v) is 38.6. The Labute approximate surface area is 356 Å². The fourth-order valence-corrected chi connectivity index (χ4v) is 7.40. The molecule has 0 atom stereocenters. The summed E-state index contributed by atoms with van der Waals surface area (Å²) in [6, 6.07) is 21.8. The number of nitrogens with zero attached hydrogens (tertiary/aromatic N) is 2. The van der Waals surface area contributed by atoms with Gasteiger partial charge in [0.25, 0.3) is 0 Å². The average molecular weight is 799 g/mol. The molecule has 4 aromatic rings. The third-order valence-electron chi connectivity index (χ3n) is 11.2. The van der Waals surface area contributed by atoms with E-state index in [1.165, 1.54) is 5.56 Å². The van der Waals surface area contributed by atoms with E-state index in [-0.39, 0.29) is 33.2 Å². The molecule has 2 N–H and O–H groups in total. The number of phenols is 2. The highest BCUT2D eigenvalue weighted by atomic mass is 16.5. The minimum Gasteiger partial charge on any atom is -0.507 e. The van der Waals surface area contributed by atoms with Crippen LogP contribution in [0.25, 0.3) is 0 Å². The highest BCUT2D eigenvalue weighted by Crippen LogP contribution is 2.42. The average Bonchev–Trinajstić information content (AvgIpc) is 3.11. The largest absolute Gasteiger partial charge is 0.507 e. The summed E-state index contributed by atoms with van der Waals surface area (Å²) in [6.45, 7) is 31.2. The Kier molecular flexibility index (Phi) is 14.7. The first-order valence-electron chi connectivity index (χ1n) is 21.3. The van der Waals surface area contributed by atoms with E-state index in [0.717, 1.165) is 72.7 Å².